The second-order valence-corrected chi connectivity index (χ2v) is 8.92. The van der Waals surface area contributed by atoms with Crippen LogP contribution in [-0.2, 0) is 13.1 Å². The predicted molar refractivity (Wildman–Crippen MR) is 114 cm³/mol. The Labute approximate surface area is 179 Å². The summed E-state index contributed by atoms with van der Waals surface area (Å²) in [6, 6.07) is 13.6. The molecule has 2 aromatic heterocycles. The first kappa shape index (κ1) is 20.2. The lowest BCUT2D eigenvalue weighted by Crippen LogP contribution is -2.53. The minimum absolute atomic E-state index is 0.154. The molecule has 2 unspecified atom stereocenters. The van der Waals surface area contributed by atoms with Crippen LogP contribution in [0.1, 0.15) is 37.2 Å². The maximum Gasteiger partial charge on any atom is 0.266 e. The predicted octanol–water partition coefficient (Wildman–Crippen LogP) is 3.51. The Morgan fingerprint density at radius 1 is 1.10 bits per heavy atom. The zero-order valence-corrected chi connectivity index (χ0v) is 17.5. The molecule has 0 spiro atoms. The zero-order valence-electron chi connectivity index (χ0n) is 17.5. The summed E-state index contributed by atoms with van der Waals surface area (Å²) in [5, 5.41) is 15.9. The van der Waals surface area contributed by atoms with Gasteiger partial charge in [-0.3, -0.25) is 9.69 Å². The van der Waals surface area contributed by atoms with Gasteiger partial charge in [-0.25, -0.2) is 9.07 Å². The van der Waals surface area contributed by atoms with Crippen LogP contribution in [0.4, 0.5) is 4.39 Å². The summed E-state index contributed by atoms with van der Waals surface area (Å²) in [7, 11) is 0. The third-order valence-electron chi connectivity index (χ3n) is 6.59. The summed E-state index contributed by atoms with van der Waals surface area (Å²) in [5.74, 6) is 1.53. The molecule has 7 heteroatoms. The number of aromatic nitrogens is 2. The first-order valence-corrected chi connectivity index (χ1v) is 10.8. The average molecular weight is 423 g/mol. The van der Waals surface area contributed by atoms with E-state index in [4.69, 9.17) is 4.42 Å². The number of aliphatic hydroxyl groups is 1. The van der Waals surface area contributed by atoms with Crippen LogP contribution in [0.25, 0.3) is 11.3 Å². The van der Waals surface area contributed by atoms with Crippen LogP contribution < -0.4 is 5.56 Å². The number of hydrogen-bond acceptors (Lipinski definition) is 5. The van der Waals surface area contributed by atoms with Crippen LogP contribution in [0.15, 0.2) is 57.7 Å². The third-order valence-corrected chi connectivity index (χ3v) is 6.59. The Morgan fingerprint density at radius 2 is 1.81 bits per heavy atom. The van der Waals surface area contributed by atoms with Crippen LogP contribution in [0.5, 0.6) is 0 Å². The molecule has 2 bridgehead atoms. The molecule has 5 rings (SSSR count). The number of furan rings is 1. The standard InChI is InChI=1S/C24H26FN3O3/c1-16-2-9-21(31-16)14-27-19-7-8-20(27)13-24(30,12-19)15-28-23(29)11-10-22(26-28)17-3-5-18(25)6-4-17/h2-6,9-11,19-20,30H,7-8,12-15H2,1H3. The van der Waals surface area contributed by atoms with Crippen LogP contribution >= 0.6 is 0 Å². The van der Waals surface area contributed by atoms with E-state index in [1.807, 2.05) is 19.1 Å². The molecular weight excluding hydrogens is 397 g/mol. The van der Waals surface area contributed by atoms with Gasteiger partial charge in [-0.05, 0) is 75.1 Å². The van der Waals surface area contributed by atoms with Gasteiger partial charge in [-0.2, -0.15) is 5.10 Å². The Bertz CT molecular complexity index is 1120. The van der Waals surface area contributed by atoms with Gasteiger partial charge in [0.25, 0.3) is 5.56 Å². The third kappa shape index (κ3) is 4.07. The first-order valence-electron chi connectivity index (χ1n) is 10.8. The number of nitrogens with zero attached hydrogens (tertiary/aromatic N) is 3. The average Bonchev–Trinajstić information content (AvgIpc) is 3.25. The molecule has 6 nitrogen and oxygen atoms in total. The zero-order chi connectivity index (χ0) is 21.6. The van der Waals surface area contributed by atoms with Gasteiger partial charge >= 0.3 is 0 Å². The number of piperidine rings is 1. The number of aryl methyl sites for hydroxylation is 1. The Balaban J connectivity index is 1.34. The highest BCUT2D eigenvalue weighted by Gasteiger charge is 2.48. The monoisotopic (exact) mass is 423 g/mol. The van der Waals surface area contributed by atoms with Gasteiger partial charge in [0.15, 0.2) is 0 Å². The van der Waals surface area contributed by atoms with Crippen molar-refractivity contribution < 1.29 is 13.9 Å². The van der Waals surface area contributed by atoms with E-state index in [-0.39, 0.29) is 30.0 Å². The van der Waals surface area contributed by atoms with E-state index in [9.17, 15) is 14.3 Å². The Kier molecular flexibility index (Phi) is 5.02. The maximum atomic E-state index is 13.2. The molecule has 31 heavy (non-hydrogen) atoms. The van der Waals surface area contributed by atoms with Crippen molar-refractivity contribution in [2.24, 2.45) is 0 Å². The molecule has 2 atom stereocenters. The Hall–Kier alpha value is -2.77. The number of halogens is 1. The minimum atomic E-state index is -0.986. The maximum absolute atomic E-state index is 13.2. The molecule has 1 aromatic carbocycles. The van der Waals surface area contributed by atoms with Crippen molar-refractivity contribution in [2.75, 3.05) is 0 Å². The lowest BCUT2D eigenvalue weighted by atomic mass is 9.86. The van der Waals surface area contributed by atoms with Gasteiger partial charge in [0.1, 0.15) is 17.3 Å². The molecule has 0 aliphatic carbocycles. The highest BCUT2D eigenvalue weighted by molar-refractivity contribution is 5.57. The van der Waals surface area contributed by atoms with Crippen molar-refractivity contribution >= 4 is 0 Å². The number of fused-ring (bicyclic) bond motifs is 2. The molecular formula is C24H26FN3O3. The van der Waals surface area contributed by atoms with E-state index in [1.54, 1.807) is 18.2 Å². The summed E-state index contributed by atoms with van der Waals surface area (Å²) >= 11 is 0. The van der Waals surface area contributed by atoms with Crippen LogP contribution in [0.2, 0.25) is 0 Å². The van der Waals surface area contributed by atoms with Crippen LogP contribution in [0, 0.1) is 12.7 Å². The number of rotatable bonds is 5. The van der Waals surface area contributed by atoms with E-state index in [0.717, 1.165) is 36.5 Å². The fraction of sp³-hybridized carbons (Fsp3) is 0.417. The van der Waals surface area contributed by atoms with E-state index in [1.165, 1.54) is 22.9 Å². The molecule has 4 heterocycles. The minimum Gasteiger partial charge on any atom is -0.465 e. The molecule has 2 saturated heterocycles. The van der Waals surface area contributed by atoms with Gasteiger partial charge < -0.3 is 9.52 Å². The van der Waals surface area contributed by atoms with Gasteiger partial charge in [-0.1, -0.05) is 0 Å². The lowest BCUT2D eigenvalue weighted by Gasteiger charge is -2.43. The summed E-state index contributed by atoms with van der Waals surface area (Å²) < 4.78 is 20.3. The molecule has 0 radical (unpaired) electrons. The SMILES string of the molecule is Cc1ccc(CN2C3CCC2CC(O)(Cn2nc(-c4ccc(F)cc4)ccc2=O)C3)o1. The second-order valence-electron chi connectivity index (χ2n) is 8.92. The fourth-order valence-corrected chi connectivity index (χ4v) is 5.17. The largest absolute Gasteiger partial charge is 0.465 e. The number of benzene rings is 1. The summed E-state index contributed by atoms with van der Waals surface area (Å²) in [6.45, 7) is 2.84. The second kappa shape index (κ2) is 7.73. The van der Waals surface area contributed by atoms with E-state index >= 15 is 0 Å². The highest BCUT2D eigenvalue weighted by atomic mass is 19.1. The van der Waals surface area contributed by atoms with Gasteiger partial charge in [0.05, 0.1) is 24.4 Å². The van der Waals surface area contributed by atoms with E-state index in [0.29, 0.717) is 18.5 Å². The van der Waals surface area contributed by atoms with Crippen molar-refractivity contribution in [1.82, 2.24) is 14.7 Å². The van der Waals surface area contributed by atoms with Crippen molar-refractivity contribution in [3.8, 4) is 11.3 Å². The summed E-state index contributed by atoms with van der Waals surface area (Å²) in [6.07, 6.45) is 3.26. The quantitative estimate of drug-likeness (QED) is 0.680. The van der Waals surface area contributed by atoms with Crippen molar-refractivity contribution in [1.29, 1.82) is 0 Å². The molecule has 3 aromatic rings. The van der Waals surface area contributed by atoms with Crippen molar-refractivity contribution in [2.45, 2.75) is 63.4 Å². The molecule has 2 aliphatic rings. The van der Waals surface area contributed by atoms with Gasteiger partial charge in [0.2, 0.25) is 0 Å². The Morgan fingerprint density at radius 3 is 2.45 bits per heavy atom. The van der Waals surface area contributed by atoms with Crippen molar-refractivity contribution in [3.05, 3.63) is 76.2 Å². The van der Waals surface area contributed by atoms with Crippen LogP contribution in [0.3, 0.4) is 0 Å². The lowest BCUT2D eigenvalue weighted by molar-refractivity contribution is -0.0690. The summed E-state index contributed by atoms with van der Waals surface area (Å²) in [4.78, 5) is 14.9. The van der Waals surface area contributed by atoms with Gasteiger partial charge in [-0.15, -0.1) is 0 Å². The van der Waals surface area contributed by atoms with E-state index < -0.39 is 5.60 Å². The molecule has 162 valence electrons. The molecule has 2 fully saturated rings. The normalized spacial score (nSPS) is 25.8. The molecule has 0 saturated carbocycles. The summed E-state index contributed by atoms with van der Waals surface area (Å²) in [5.41, 5.74) is 0.0716. The topological polar surface area (TPSA) is 71.5 Å². The number of hydrogen-bond donors (Lipinski definition) is 1. The first-order chi connectivity index (χ1) is 14.9. The highest BCUT2D eigenvalue weighted by Crippen LogP contribution is 2.42. The van der Waals surface area contributed by atoms with E-state index in [2.05, 4.69) is 10.00 Å². The van der Waals surface area contributed by atoms with Crippen LogP contribution in [-0.4, -0.2) is 37.5 Å². The molecule has 2 aliphatic heterocycles. The molecule has 0 amide bonds. The van der Waals surface area contributed by atoms with Crippen molar-refractivity contribution in [3.63, 3.8) is 0 Å². The van der Waals surface area contributed by atoms with Gasteiger partial charge in [0, 0.05) is 23.7 Å². The molecule has 1 N–H and O–H groups in total. The smallest absolute Gasteiger partial charge is 0.266 e. The fourth-order valence-electron chi connectivity index (χ4n) is 5.17.